The average molecular weight is 261 g/mol. The normalized spacial score (nSPS) is 10.1. The third-order valence-corrected chi connectivity index (χ3v) is 3.01. The molecule has 0 saturated carbocycles. The summed E-state index contributed by atoms with van der Waals surface area (Å²) in [7, 11) is 0. The Hall–Kier alpha value is -2.00. The van der Waals surface area contributed by atoms with Gasteiger partial charge in [0, 0.05) is 22.0 Å². The molecule has 0 aromatic heterocycles. The molecule has 0 aliphatic carbocycles. The number of aryl methyl sites for hydroxylation is 1. The molecule has 0 amide bonds. The molecule has 0 spiro atoms. The van der Waals surface area contributed by atoms with Gasteiger partial charge in [0.25, 0.3) is 0 Å². The monoisotopic (exact) mass is 260 g/mol. The number of nitrogens with one attached hydrogen (secondary N) is 1. The van der Waals surface area contributed by atoms with Crippen LogP contribution >= 0.6 is 11.6 Å². The standard InChI is InChI=1S/C14H12ClNO2/c1-9-8-10(6-7-12(9)15)16-13-5-3-2-4-11(13)14(17)18/h2-8,16H,1H3,(H,17,18)/p-1. The zero-order valence-corrected chi connectivity index (χ0v) is 10.5. The van der Waals surface area contributed by atoms with Crippen molar-refractivity contribution < 1.29 is 9.90 Å². The number of halogens is 1. The molecule has 0 fully saturated rings. The Balaban J connectivity index is 2.34. The number of benzene rings is 2. The number of rotatable bonds is 3. The Bertz CT molecular complexity index is 596. The largest absolute Gasteiger partial charge is 0.545 e. The fourth-order valence-electron chi connectivity index (χ4n) is 1.65. The van der Waals surface area contributed by atoms with Crippen molar-refractivity contribution in [3.05, 3.63) is 58.6 Å². The molecule has 3 nitrogen and oxygen atoms in total. The van der Waals surface area contributed by atoms with Gasteiger partial charge in [-0.15, -0.1) is 0 Å². The van der Waals surface area contributed by atoms with Crippen LogP contribution in [0.3, 0.4) is 0 Å². The van der Waals surface area contributed by atoms with Crippen molar-refractivity contribution in [3.63, 3.8) is 0 Å². The molecule has 0 radical (unpaired) electrons. The first-order chi connectivity index (χ1) is 8.58. The molecule has 0 atom stereocenters. The summed E-state index contributed by atoms with van der Waals surface area (Å²) in [6.07, 6.45) is 0. The van der Waals surface area contributed by atoms with Gasteiger partial charge < -0.3 is 15.2 Å². The molecule has 0 aliphatic rings. The van der Waals surface area contributed by atoms with Crippen LogP contribution in [0.4, 0.5) is 11.4 Å². The van der Waals surface area contributed by atoms with Crippen molar-refractivity contribution in [2.24, 2.45) is 0 Å². The highest BCUT2D eigenvalue weighted by Crippen LogP contribution is 2.24. The number of aromatic carboxylic acids is 1. The summed E-state index contributed by atoms with van der Waals surface area (Å²) in [4.78, 5) is 11.0. The van der Waals surface area contributed by atoms with Crippen molar-refractivity contribution in [2.45, 2.75) is 6.92 Å². The Kier molecular flexibility index (Phi) is 3.53. The van der Waals surface area contributed by atoms with Crippen molar-refractivity contribution in [3.8, 4) is 0 Å². The van der Waals surface area contributed by atoms with Crippen molar-refractivity contribution in [1.82, 2.24) is 0 Å². The van der Waals surface area contributed by atoms with E-state index >= 15 is 0 Å². The number of anilines is 2. The first-order valence-electron chi connectivity index (χ1n) is 5.41. The molecule has 0 heterocycles. The lowest BCUT2D eigenvalue weighted by Crippen LogP contribution is -2.23. The number of hydrogen-bond donors (Lipinski definition) is 1. The Labute approximate surface area is 110 Å². The minimum Gasteiger partial charge on any atom is -0.545 e. The van der Waals surface area contributed by atoms with Crippen LogP contribution in [0.15, 0.2) is 42.5 Å². The van der Waals surface area contributed by atoms with Gasteiger partial charge in [0.2, 0.25) is 0 Å². The topological polar surface area (TPSA) is 52.2 Å². The lowest BCUT2D eigenvalue weighted by atomic mass is 10.1. The summed E-state index contributed by atoms with van der Waals surface area (Å²) >= 11 is 5.93. The van der Waals surface area contributed by atoms with E-state index in [0.717, 1.165) is 11.3 Å². The fourth-order valence-corrected chi connectivity index (χ4v) is 1.77. The molecule has 0 aliphatic heterocycles. The van der Waals surface area contributed by atoms with Crippen LogP contribution in [0.2, 0.25) is 5.02 Å². The molecule has 2 aromatic carbocycles. The average Bonchev–Trinajstić information content (AvgIpc) is 2.34. The molecule has 2 aromatic rings. The molecule has 1 N–H and O–H groups in total. The van der Waals surface area contributed by atoms with E-state index in [-0.39, 0.29) is 5.56 Å². The Morgan fingerprint density at radius 1 is 1.22 bits per heavy atom. The molecule has 92 valence electrons. The number of hydrogen-bond acceptors (Lipinski definition) is 3. The third-order valence-electron chi connectivity index (χ3n) is 2.58. The lowest BCUT2D eigenvalue weighted by molar-refractivity contribution is -0.254. The number of carbonyl (C=O) groups excluding carboxylic acids is 1. The number of para-hydroxylation sites is 1. The van der Waals surface area contributed by atoms with Crippen molar-refractivity contribution in [2.75, 3.05) is 5.32 Å². The number of carboxylic acid groups (broad SMARTS) is 1. The van der Waals surface area contributed by atoms with E-state index < -0.39 is 5.97 Å². The maximum Gasteiger partial charge on any atom is 0.0736 e. The van der Waals surface area contributed by atoms with E-state index in [1.807, 2.05) is 13.0 Å². The van der Waals surface area contributed by atoms with E-state index in [0.29, 0.717) is 10.7 Å². The smallest absolute Gasteiger partial charge is 0.0736 e. The second-order valence-electron chi connectivity index (χ2n) is 3.92. The minimum atomic E-state index is -1.20. The van der Waals surface area contributed by atoms with Gasteiger partial charge in [-0.25, -0.2) is 0 Å². The van der Waals surface area contributed by atoms with E-state index in [9.17, 15) is 9.90 Å². The van der Waals surface area contributed by atoms with Crippen LogP contribution in [-0.2, 0) is 0 Å². The summed E-state index contributed by atoms with van der Waals surface area (Å²) in [5.41, 5.74) is 2.34. The summed E-state index contributed by atoms with van der Waals surface area (Å²) in [6, 6.07) is 12.0. The van der Waals surface area contributed by atoms with Crippen LogP contribution < -0.4 is 10.4 Å². The van der Waals surface area contributed by atoms with Crippen LogP contribution in [-0.4, -0.2) is 5.97 Å². The van der Waals surface area contributed by atoms with Gasteiger partial charge in [0.1, 0.15) is 0 Å². The zero-order valence-electron chi connectivity index (χ0n) is 9.74. The zero-order chi connectivity index (χ0) is 13.1. The molecule has 0 unspecified atom stereocenters. The fraction of sp³-hybridized carbons (Fsp3) is 0.0714. The first-order valence-corrected chi connectivity index (χ1v) is 5.79. The number of carboxylic acids is 1. The highest BCUT2D eigenvalue weighted by atomic mass is 35.5. The quantitative estimate of drug-likeness (QED) is 0.923. The molecule has 18 heavy (non-hydrogen) atoms. The summed E-state index contributed by atoms with van der Waals surface area (Å²) in [5.74, 6) is -1.20. The van der Waals surface area contributed by atoms with Crippen molar-refractivity contribution >= 4 is 28.9 Å². The minimum absolute atomic E-state index is 0.130. The predicted octanol–water partition coefficient (Wildman–Crippen LogP) is 2.76. The van der Waals surface area contributed by atoms with Crippen LogP contribution in [0.1, 0.15) is 15.9 Å². The molecular weight excluding hydrogens is 250 g/mol. The van der Waals surface area contributed by atoms with Gasteiger partial charge in [-0.2, -0.15) is 0 Å². The number of carbonyl (C=O) groups is 1. The van der Waals surface area contributed by atoms with Crippen molar-refractivity contribution in [1.29, 1.82) is 0 Å². The lowest BCUT2D eigenvalue weighted by Gasteiger charge is -2.13. The van der Waals surface area contributed by atoms with Gasteiger partial charge in [-0.05, 0) is 36.8 Å². The predicted molar refractivity (Wildman–Crippen MR) is 70.2 cm³/mol. The first kappa shape index (κ1) is 12.5. The van der Waals surface area contributed by atoms with E-state index in [1.165, 1.54) is 6.07 Å². The molecule has 2 rings (SSSR count). The van der Waals surface area contributed by atoms with Gasteiger partial charge in [-0.3, -0.25) is 0 Å². The Morgan fingerprint density at radius 3 is 2.61 bits per heavy atom. The van der Waals surface area contributed by atoms with Crippen LogP contribution in [0.5, 0.6) is 0 Å². The maximum absolute atomic E-state index is 11.0. The van der Waals surface area contributed by atoms with E-state index in [4.69, 9.17) is 11.6 Å². The van der Waals surface area contributed by atoms with Crippen LogP contribution in [0, 0.1) is 6.92 Å². The van der Waals surface area contributed by atoms with Gasteiger partial charge in [0.15, 0.2) is 0 Å². The molecular formula is C14H11ClNO2-. The van der Waals surface area contributed by atoms with Gasteiger partial charge in [0.05, 0.1) is 5.97 Å². The van der Waals surface area contributed by atoms with E-state index in [2.05, 4.69) is 5.32 Å². The highest BCUT2D eigenvalue weighted by Gasteiger charge is 2.03. The maximum atomic E-state index is 11.0. The van der Waals surface area contributed by atoms with Crippen LogP contribution in [0.25, 0.3) is 0 Å². The summed E-state index contributed by atoms with van der Waals surface area (Å²) < 4.78 is 0. The summed E-state index contributed by atoms with van der Waals surface area (Å²) in [6.45, 7) is 1.89. The van der Waals surface area contributed by atoms with E-state index in [1.54, 1.807) is 30.3 Å². The highest BCUT2D eigenvalue weighted by molar-refractivity contribution is 6.31. The second kappa shape index (κ2) is 5.10. The SMILES string of the molecule is Cc1cc(Nc2ccccc2C(=O)[O-])ccc1Cl. The summed E-state index contributed by atoms with van der Waals surface area (Å²) in [5, 5.41) is 14.7. The van der Waals surface area contributed by atoms with Gasteiger partial charge in [-0.1, -0.05) is 29.8 Å². The van der Waals surface area contributed by atoms with Gasteiger partial charge >= 0.3 is 0 Å². The molecule has 0 bridgehead atoms. The molecule has 4 heteroatoms. The third kappa shape index (κ3) is 2.63. The second-order valence-corrected chi connectivity index (χ2v) is 4.33. The molecule has 0 saturated heterocycles. The Morgan fingerprint density at radius 2 is 1.94 bits per heavy atom.